The second-order valence-electron chi connectivity index (χ2n) is 5.41. The van der Waals surface area contributed by atoms with E-state index in [0.717, 1.165) is 19.3 Å². The van der Waals surface area contributed by atoms with Gasteiger partial charge in [0.05, 0.1) is 6.04 Å². The van der Waals surface area contributed by atoms with E-state index >= 15 is 0 Å². The number of aromatic nitrogens is 2. The first kappa shape index (κ1) is 15.4. The third-order valence-electron chi connectivity index (χ3n) is 4.11. The molecule has 0 spiro atoms. The van der Waals surface area contributed by atoms with Crippen molar-refractivity contribution in [3.63, 3.8) is 0 Å². The van der Waals surface area contributed by atoms with Gasteiger partial charge < -0.3 is 19.7 Å². The summed E-state index contributed by atoms with van der Waals surface area (Å²) >= 11 is 0. The van der Waals surface area contributed by atoms with E-state index in [4.69, 9.17) is 19.7 Å². The van der Waals surface area contributed by atoms with Gasteiger partial charge in [-0.1, -0.05) is 25.4 Å². The molecule has 20 heavy (non-hydrogen) atoms. The van der Waals surface area contributed by atoms with Crippen molar-refractivity contribution in [2.75, 3.05) is 19.8 Å². The highest BCUT2D eigenvalue weighted by Crippen LogP contribution is 2.35. The molecular weight excluding hydrogens is 258 g/mol. The van der Waals surface area contributed by atoms with Gasteiger partial charge in [-0.15, -0.1) is 0 Å². The summed E-state index contributed by atoms with van der Waals surface area (Å²) in [6.45, 7) is 8.08. The van der Waals surface area contributed by atoms with E-state index in [-0.39, 0.29) is 6.04 Å². The maximum absolute atomic E-state index is 6.15. The Labute approximate surface area is 120 Å². The van der Waals surface area contributed by atoms with Crippen LogP contribution in [0.4, 0.5) is 0 Å². The lowest BCUT2D eigenvalue weighted by atomic mass is 9.93. The molecule has 2 N–H and O–H groups in total. The predicted molar refractivity (Wildman–Crippen MR) is 74.0 cm³/mol. The average molecular weight is 283 g/mol. The van der Waals surface area contributed by atoms with E-state index in [2.05, 4.69) is 24.0 Å². The van der Waals surface area contributed by atoms with Crippen molar-refractivity contribution in [1.82, 2.24) is 10.1 Å². The fourth-order valence-electron chi connectivity index (χ4n) is 2.46. The Kier molecular flexibility index (Phi) is 5.12. The van der Waals surface area contributed by atoms with Crippen LogP contribution in [-0.4, -0.2) is 30.0 Å². The molecule has 1 saturated heterocycles. The number of hydrogen-bond donors (Lipinski definition) is 1. The summed E-state index contributed by atoms with van der Waals surface area (Å²) < 4.78 is 16.7. The van der Waals surface area contributed by atoms with E-state index in [1.165, 1.54) is 0 Å². The van der Waals surface area contributed by atoms with Gasteiger partial charge in [0.2, 0.25) is 11.7 Å². The normalized spacial score (nSPS) is 21.6. The van der Waals surface area contributed by atoms with E-state index in [1.54, 1.807) is 0 Å². The summed E-state index contributed by atoms with van der Waals surface area (Å²) in [5, 5.41) is 4.12. The zero-order valence-corrected chi connectivity index (χ0v) is 12.6. The van der Waals surface area contributed by atoms with Gasteiger partial charge >= 0.3 is 0 Å². The molecule has 1 aromatic rings. The van der Waals surface area contributed by atoms with E-state index < -0.39 is 5.60 Å². The molecule has 1 fully saturated rings. The van der Waals surface area contributed by atoms with Crippen molar-refractivity contribution in [2.24, 2.45) is 11.7 Å². The van der Waals surface area contributed by atoms with Crippen molar-refractivity contribution >= 4 is 0 Å². The lowest BCUT2D eigenvalue weighted by Gasteiger charge is -2.33. The number of hydrogen-bond acceptors (Lipinski definition) is 6. The molecule has 6 heteroatoms. The highest BCUT2D eigenvalue weighted by atomic mass is 16.5. The molecular formula is C14H25N3O3. The van der Waals surface area contributed by atoms with Crippen LogP contribution in [0, 0.1) is 5.92 Å². The smallest absolute Gasteiger partial charge is 0.243 e. The van der Waals surface area contributed by atoms with Gasteiger partial charge in [-0.05, 0) is 12.8 Å². The summed E-state index contributed by atoms with van der Waals surface area (Å²) in [7, 11) is 0. The Balaban J connectivity index is 2.20. The Morgan fingerprint density at radius 2 is 2.05 bits per heavy atom. The van der Waals surface area contributed by atoms with E-state index in [9.17, 15) is 0 Å². The van der Waals surface area contributed by atoms with Crippen LogP contribution in [-0.2, 0) is 15.1 Å². The van der Waals surface area contributed by atoms with Gasteiger partial charge in [-0.25, -0.2) is 0 Å². The summed E-state index contributed by atoms with van der Waals surface area (Å²) in [4.78, 5) is 4.51. The lowest BCUT2D eigenvalue weighted by Crippen LogP contribution is -2.37. The Hall–Kier alpha value is -0.980. The highest BCUT2D eigenvalue weighted by Gasteiger charge is 2.40. The van der Waals surface area contributed by atoms with Crippen molar-refractivity contribution in [1.29, 1.82) is 0 Å². The van der Waals surface area contributed by atoms with Gasteiger partial charge in [0.1, 0.15) is 5.60 Å². The number of nitrogens with zero attached hydrogens (tertiary/aromatic N) is 2. The Bertz CT molecular complexity index is 410. The average Bonchev–Trinajstić information content (AvgIpc) is 2.97. The molecule has 0 saturated carbocycles. The number of ether oxygens (including phenoxy) is 2. The molecule has 1 aliphatic rings. The Morgan fingerprint density at radius 1 is 1.35 bits per heavy atom. The van der Waals surface area contributed by atoms with Crippen LogP contribution < -0.4 is 5.73 Å². The minimum Gasteiger partial charge on any atom is -0.381 e. The van der Waals surface area contributed by atoms with Crippen LogP contribution in [0.1, 0.15) is 57.8 Å². The van der Waals surface area contributed by atoms with Crippen LogP contribution in [0.2, 0.25) is 0 Å². The monoisotopic (exact) mass is 283 g/mol. The molecule has 2 rings (SSSR count). The molecule has 0 radical (unpaired) electrons. The molecule has 1 aromatic heterocycles. The van der Waals surface area contributed by atoms with Gasteiger partial charge in [0.25, 0.3) is 0 Å². The van der Waals surface area contributed by atoms with Crippen LogP contribution in [0.15, 0.2) is 4.52 Å². The zero-order valence-electron chi connectivity index (χ0n) is 12.6. The fraction of sp³-hybridized carbons (Fsp3) is 0.857. The molecule has 0 amide bonds. The van der Waals surface area contributed by atoms with Crippen molar-refractivity contribution < 1.29 is 14.0 Å². The zero-order chi connectivity index (χ0) is 14.6. The third kappa shape index (κ3) is 3.02. The van der Waals surface area contributed by atoms with Crippen molar-refractivity contribution in [3.05, 3.63) is 11.7 Å². The lowest BCUT2D eigenvalue weighted by molar-refractivity contribution is -0.118. The van der Waals surface area contributed by atoms with Gasteiger partial charge in [-0.2, -0.15) is 4.98 Å². The van der Waals surface area contributed by atoms with Crippen molar-refractivity contribution in [3.8, 4) is 0 Å². The molecule has 2 atom stereocenters. The molecule has 0 aliphatic carbocycles. The first-order chi connectivity index (χ1) is 9.63. The van der Waals surface area contributed by atoms with Crippen LogP contribution in [0.5, 0.6) is 0 Å². The maximum Gasteiger partial charge on any atom is 0.243 e. The summed E-state index contributed by atoms with van der Waals surface area (Å²) in [6, 6.07) is -0.222. The topological polar surface area (TPSA) is 83.4 Å². The predicted octanol–water partition coefficient (Wildman–Crippen LogP) is 2.16. The number of rotatable bonds is 6. The maximum atomic E-state index is 6.15. The van der Waals surface area contributed by atoms with Crippen LogP contribution in [0.3, 0.4) is 0 Å². The van der Waals surface area contributed by atoms with E-state index in [0.29, 0.717) is 37.5 Å². The minimum atomic E-state index is -0.482. The number of nitrogens with two attached hydrogens (primary N) is 1. The minimum absolute atomic E-state index is 0.222. The first-order valence-electron chi connectivity index (χ1n) is 7.44. The van der Waals surface area contributed by atoms with Gasteiger partial charge in [-0.3, -0.25) is 0 Å². The molecule has 6 nitrogen and oxygen atoms in total. The summed E-state index contributed by atoms with van der Waals surface area (Å²) in [5.74, 6) is 1.41. The molecule has 2 unspecified atom stereocenters. The third-order valence-corrected chi connectivity index (χ3v) is 4.11. The molecule has 1 aliphatic heterocycles. The SMILES string of the molecule is CCOC1(c2noc(C(N)C(C)CC)n2)CCOCC1. The molecule has 0 bridgehead atoms. The second kappa shape index (κ2) is 6.65. The first-order valence-corrected chi connectivity index (χ1v) is 7.44. The fourth-order valence-corrected chi connectivity index (χ4v) is 2.46. The highest BCUT2D eigenvalue weighted by molar-refractivity contribution is 5.05. The standard InChI is InChI=1S/C14H25N3O3/c1-4-10(3)11(15)12-16-13(17-20-12)14(19-5-2)6-8-18-9-7-14/h10-11H,4-9,15H2,1-3H3. The Morgan fingerprint density at radius 3 is 2.65 bits per heavy atom. The molecule has 0 aromatic carbocycles. The largest absolute Gasteiger partial charge is 0.381 e. The van der Waals surface area contributed by atoms with Gasteiger partial charge in [0.15, 0.2) is 0 Å². The van der Waals surface area contributed by atoms with Crippen molar-refractivity contribution in [2.45, 2.75) is 51.7 Å². The quantitative estimate of drug-likeness (QED) is 0.861. The molecule has 114 valence electrons. The summed E-state index contributed by atoms with van der Waals surface area (Å²) in [5.41, 5.74) is 5.67. The van der Waals surface area contributed by atoms with Gasteiger partial charge in [0, 0.05) is 32.7 Å². The van der Waals surface area contributed by atoms with Crippen LogP contribution >= 0.6 is 0 Å². The van der Waals surface area contributed by atoms with E-state index in [1.807, 2.05) is 6.92 Å². The second-order valence-corrected chi connectivity index (χ2v) is 5.41. The van der Waals surface area contributed by atoms with Crippen LogP contribution in [0.25, 0.3) is 0 Å². The molecule has 2 heterocycles. The summed E-state index contributed by atoms with van der Waals surface area (Å²) in [6.07, 6.45) is 2.47.